The molecular formula is C15H17ClNO3-. The molecule has 3 heterocycles. The summed E-state index contributed by atoms with van der Waals surface area (Å²) in [7, 11) is 0. The number of halogens is 1. The van der Waals surface area contributed by atoms with Gasteiger partial charge < -0.3 is 21.2 Å². The van der Waals surface area contributed by atoms with Crippen LogP contribution in [0, 0.1) is 11.8 Å². The van der Waals surface area contributed by atoms with E-state index in [1.807, 2.05) is 38.1 Å². The van der Waals surface area contributed by atoms with E-state index in [4.69, 9.17) is 8.83 Å². The minimum absolute atomic E-state index is 0. The van der Waals surface area contributed by atoms with Gasteiger partial charge >= 0.3 is 0 Å². The molecule has 5 heteroatoms. The molecule has 0 spiro atoms. The van der Waals surface area contributed by atoms with Gasteiger partial charge in [-0.3, -0.25) is 10.1 Å². The summed E-state index contributed by atoms with van der Waals surface area (Å²) < 4.78 is 10.9. The van der Waals surface area contributed by atoms with Crippen LogP contribution in [0.3, 0.4) is 0 Å². The van der Waals surface area contributed by atoms with E-state index in [0.717, 1.165) is 11.5 Å². The molecule has 0 saturated carbocycles. The number of hydrogen-bond acceptors (Lipinski definition) is 4. The van der Waals surface area contributed by atoms with Crippen LogP contribution in [0.2, 0.25) is 0 Å². The monoisotopic (exact) mass is 294 g/mol. The molecule has 2 aromatic heterocycles. The van der Waals surface area contributed by atoms with Crippen LogP contribution < -0.4 is 17.7 Å². The van der Waals surface area contributed by atoms with Crippen LogP contribution in [-0.4, -0.2) is 5.78 Å². The summed E-state index contributed by atoms with van der Waals surface area (Å²) in [4.78, 5) is 12.4. The topological polar surface area (TPSA) is 55.4 Å². The number of carbonyl (C=O) groups excluding carboxylic acids is 1. The van der Waals surface area contributed by atoms with Crippen molar-refractivity contribution < 1.29 is 26.0 Å². The second-order valence-electron chi connectivity index (χ2n) is 5.13. The van der Waals surface area contributed by atoms with Crippen LogP contribution >= 0.6 is 0 Å². The first kappa shape index (κ1) is 14.9. The van der Waals surface area contributed by atoms with Crippen LogP contribution in [0.5, 0.6) is 0 Å². The van der Waals surface area contributed by atoms with Gasteiger partial charge in [-0.1, -0.05) is 13.8 Å². The van der Waals surface area contributed by atoms with Gasteiger partial charge in [0.25, 0.3) is 0 Å². The first-order valence-corrected chi connectivity index (χ1v) is 6.55. The summed E-state index contributed by atoms with van der Waals surface area (Å²) in [5.74, 6) is 1.62. The summed E-state index contributed by atoms with van der Waals surface area (Å²) in [6.07, 6.45) is 3.27. The molecule has 2 aromatic rings. The molecule has 1 aliphatic heterocycles. The average Bonchev–Trinajstić information content (AvgIpc) is 3.08. The molecule has 4 atom stereocenters. The second-order valence-corrected chi connectivity index (χ2v) is 5.13. The highest BCUT2D eigenvalue weighted by Gasteiger charge is 2.42. The number of furan rings is 2. The third kappa shape index (κ3) is 2.41. The summed E-state index contributed by atoms with van der Waals surface area (Å²) in [6.45, 7) is 3.88. The van der Waals surface area contributed by atoms with E-state index in [1.165, 1.54) is 0 Å². The molecule has 1 aliphatic rings. The highest BCUT2D eigenvalue weighted by Crippen LogP contribution is 2.38. The fourth-order valence-corrected chi connectivity index (χ4v) is 2.82. The smallest absolute Gasteiger partial charge is 0.142 e. The molecule has 0 aliphatic carbocycles. The van der Waals surface area contributed by atoms with E-state index >= 15 is 0 Å². The molecule has 108 valence electrons. The van der Waals surface area contributed by atoms with Gasteiger partial charge in [0.2, 0.25) is 0 Å². The Morgan fingerprint density at radius 1 is 0.950 bits per heavy atom. The van der Waals surface area contributed by atoms with Crippen molar-refractivity contribution in [1.82, 2.24) is 5.32 Å². The number of nitrogens with one attached hydrogen (secondary N) is 1. The molecule has 1 fully saturated rings. The van der Waals surface area contributed by atoms with Crippen molar-refractivity contribution in [3.63, 3.8) is 0 Å². The summed E-state index contributed by atoms with van der Waals surface area (Å²) >= 11 is 0. The lowest BCUT2D eigenvalue weighted by atomic mass is 9.79. The highest BCUT2D eigenvalue weighted by atomic mass is 35.5. The van der Waals surface area contributed by atoms with Gasteiger partial charge in [0, 0.05) is 11.8 Å². The molecule has 4 unspecified atom stereocenters. The van der Waals surface area contributed by atoms with E-state index in [2.05, 4.69) is 5.32 Å². The highest BCUT2D eigenvalue weighted by molar-refractivity contribution is 5.85. The Kier molecular flexibility index (Phi) is 4.35. The fourth-order valence-electron chi connectivity index (χ4n) is 2.82. The van der Waals surface area contributed by atoms with Gasteiger partial charge in [0.15, 0.2) is 0 Å². The van der Waals surface area contributed by atoms with Crippen molar-refractivity contribution in [2.24, 2.45) is 11.8 Å². The van der Waals surface area contributed by atoms with Crippen molar-refractivity contribution in [2.45, 2.75) is 25.9 Å². The minimum Gasteiger partial charge on any atom is -1.00 e. The van der Waals surface area contributed by atoms with Crippen molar-refractivity contribution in [2.75, 3.05) is 0 Å². The average molecular weight is 295 g/mol. The first-order chi connectivity index (χ1) is 9.18. The molecule has 0 aromatic carbocycles. The summed E-state index contributed by atoms with van der Waals surface area (Å²) in [6, 6.07) is 7.28. The molecule has 3 rings (SSSR count). The van der Waals surface area contributed by atoms with Crippen molar-refractivity contribution in [3.05, 3.63) is 48.3 Å². The number of ketones is 1. The zero-order valence-corrected chi connectivity index (χ0v) is 12.1. The Balaban J connectivity index is 0.00000147. The number of Topliss-reactive ketones (excluding diaryl/α,β-unsaturated/α-hetero) is 1. The second kappa shape index (κ2) is 5.85. The summed E-state index contributed by atoms with van der Waals surface area (Å²) in [5.41, 5.74) is 0. The molecule has 1 saturated heterocycles. The SMILES string of the molecule is CC1C(=O)C(C)C(c2ccco2)NC1c1ccco1.[Cl-]. The lowest BCUT2D eigenvalue weighted by Crippen LogP contribution is -3.00. The Bertz CT molecular complexity index is 501. The molecule has 1 N–H and O–H groups in total. The molecular weight excluding hydrogens is 278 g/mol. The Labute approximate surface area is 123 Å². The van der Waals surface area contributed by atoms with Crippen LogP contribution in [-0.2, 0) is 4.79 Å². The van der Waals surface area contributed by atoms with Crippen LogP contribution in [0.15, 0.2) is 45.6 Å². The van der Waals surface area contributed by atoms with Gasteiger partial charge in [-0.2, -0.15) is 0 Å². The number of carbonyl (C=O) groups is 1. The predicted octanol–water partition coefficient (Wildman–Crippen LogP) is 0.103. The van der Waals surface area contributed by atoms with Crippen molar-refractivity contribution in [3.8, 4) is 0 Å². The maximum absolute atomic E-state index is 12.4. The van der Waals surface area contributed by atoms with Gasteiger partial charge in [0.1, 0.15) is 17.3 Å². The number of hydrogen-bond donors (Lipinski definition) is 1. The lowest BCUT2D eigenvalue weighted by Gasteiger charge is -2.37. The third-order valence-electron chi connectivity index (χ3n) is 3.96. The molecule has 0 amide bonds. The minimum atomic E-state index is -0.104. The normalized spacial score (nSPS) is 30.0. The number of piperidine rings is 1. The third-order valence-corrected chi connectivity index (χ3v) is 3.96. The Hall–Kier alpha value is -1.52. The predicted molar refractivity (Wildman–Crippen MR) is 69.4 cm³/mol. The molecule has 0 bridgehead atoms. The van der Waals surface area contributed by atoms with Crippen molar-refractivity contribution in [1.29, 1.82) is 0 Å². The largest absolute Gasteiger partial charge is 1.00 e. The van der Waals surface area contributed by atoms with Crippen LogP contribution in [0.25, 0.3) is 0 Å². The van der Waals surface area contributed by atoms with Gasteiger partial charge in [-0.15, -0.1) is 0 Å². The van der Waals surface area contributed by atoms with E-state index in [1.54, 1.807) is 12.5 Å². The molecule has 20 heavy (non-hydrogen) atoms. The molecule has 0 radical (unpaired) electrons. The first-order valence-electron chi connectivity index (χ1n) is 6.55. The van der Waals surface area contributed by atoms with Gasteiger partial charge in [-0.25, -0.2) is 0 Å². The standard InChI is InChI=1S/C15H17NO3.ClH/c1-9-13(11-5-3-7-18-11)16-14(10(2)15(9)17)12-6-4-8-19-12;/h3-10,13-14,16H,1-2H3;1H/p-1. The zero-order chi connectivity index (χ0) is 13.4. The number of rotatable bonds is 2. The van der Waals surface area contributed by atoms with Gasteiger partial charge in [0.05, 0.1) is 24.6 Å². The van der Waals surface area contributed by atoms with E-state index < -0.39 is 0 Å². The quantitative estimate of drug-likeness (QED) is 0.854. The zero-order valence-electron chi connectivity index (χ0n) is 11.4. The Morgan fingerprint density at radius 3 is 1.75 bits per heavy atom. The summed E-state index contributed by atoms with van der Waals surface area (Å²) in [5, 5.41) is 3.48. The van der Waals surface area contributed by atoms with Crippen LogP contribution in [0.1, 0.15) is 37.5 Å². The lowest BCUT2D eigenvalue weighted by molar-refractivity contribution is -0.131. The maximum atomic E-state index is 12.4. The van der Waals surface area contributed by atoms with E-state index in [9.17, 15) is 4.79 Å². The van der Waals surface area contributed by atoms with E-state index in [0.29, 0.717) is 0 Å². The fraction of sp³-hybridized carbons (Fsp3) is 0.400. The van der Waals surface area contributed by atoms with E-state index in [-0.39, 0.29) is 42.1 Å². The van der Waals surface area contributed by atoms with Gasteiger partial charge in [-0.05, 0) is 24.3 Å². The molecule has 4 nitrogen and oxygen atoms in total. The maximum Gasteiger partial charge on any atom is 0.142 e. The van der Waals surface area contributed by atoms with Crippen molar-refractivity contribution >= 4 is 5.78 Å². The Morgan fingerprint density at radius 2 is 1.40 bits per heavy atom. The van der Waals surface area contributed by atoms with Crippen LogP contribution in [0.4, 0.5) is 0 Å².